The molecule has 0 atom stereocenters. The molecule has 4 nitrogen and oxygen atoms in total. The van der Waals surface area contributed by atoms with Gasteiger partial charge >= 0.3 is 0 Å². The summed E-state index contributed by atoms with van der Waals surface area (Å²) in [4.78, 5) is 17.6. The van der Waals surface area contributed by atoms with E-state index < -0.39 is 0 Å². The lowest BCUT2D eigenvalue weighted by molar-refractivity contribution is -0.115. The van der Waals surface area contributed by atoms with Crippen molar-refractivity contribution in [3.63, 3.8) is 0 Å². The fraction of sp³-hybridized carbons (Fsp3) is 0.120. The average molecular weight is 449 g/mol. The number of hydrogen-bond donors (Lipinski definition) is 1. The van der Waals surface area contributed by atoms with Gasteiger partial charge in [0.05, 0.1) is 10.6 Å². The van der Waals surface area contributed by atoms with Crippen LogP contribution in [0.15, 0.2) is 76.6 Å². The van der Waals surface area contributed by atoms with Crippen LogP contribution in [0.5, 0.6) is 5.75 Å². The van der Waals surface area contributed by atoms with Gasteiger partial charge in [-0.05, 0) is 84.3 Å². The number of carbonyl (C=O) groups excluding carboxylic acids is 1. The van der Waals surface area contributed by atoms with Crippen LogP contribution in [0.25, 0.3) is 6.08 Å². The summed E-state index contributed by atoms with van der Waals surface area (Å²) in [6, 6.07) is 21.3. The first-order valence-corrected chi connectivity index (χ1v) is 11.0. The minimum Gasteiger partial charge on any atom is -0.489 e. The van der Waals surface area contributed by atoms with Crippen LogP contribution in [0.1, 0.15) is 22.3 Å². The fourth-order valence-corrected chi connectivity index (χ4v) is 3.98. The van der Waals surface area contributed by atoms with E-state index in [1.165, 1.54) is 11.8 Å². The number of nitrogens with zero attached hydrogens (tertiary/aromatic N) is 1. The molecule has 3 aromatic carbocycles. The predicted molar refractivity (Wildman–Crippen MR) is 129 cm³/mol. The SMILES string of the molecule is Cc1ccc(C)c(N=C2NC(=O)/C(=C/c3cccc(OCc4ccc(Cl)cc4)c3)S2)c1. The van der Waals surface area contributed by atoms with Crippen molar-refractivity contribution >= 4 is 46.2 Å². The number of benzene rings is 3. The van der Waals surface area contributed by atoms with Crippen molar-refractivity contribution in [2.24, 2.45) is 4.99 Å². The third kappa shape index (κ3) is 5.57. The molecule has 6 heteroatoms. The molecule has 0 bridgehead atoms. The topological polar surface area (TPSA) is 50.7 Å². The molecule has 1 N–H and O–H groups in total. The van der Waals surface area contributed by atoms with Gasteiger partial charge in [0.15, 0.2) is 5.17 Å². The molecule has 0 saturated carbocycles. The maximum atomic E-state index is 12.4. The molecule has 1 aliphatic heterocycles. The maximum absolute atomic E-state index is 12.4. The summed E-state index contributed by atoms with van der Waals surface area (Å²) < 4.78 is 5.88. The summed E-state index contributed by atoms with van der Waals surface area (Å²) in [5.41, 5.74) is 4.98. The molecule has 31 heavy (non-hydrogen) atoms. The van der Waals surface area contributed by atoms with Crippen molar-refractivity contribution in [1.82, 2.24) is 5.32 Å². The Morgan fingerprint density at radius 2 is 1.87 bits per heavy atom. The number of hydrogen-bond acceptors (Lipinski definition) is 4. The van der Waals surface area contributed by atoms with E-state index in [0.29, 0.717) is 21.7 Å². The molecule has 0 spiro atoms. The van der Waals surface area contributed by atoms with Gasteiger partial charge in [0.2, 0.25) is 0 Å². The van der Waals surface area contributed by atoms with Crippen molar-refractivity contribution in [1.29, 1.82) is 0 Å². The smallest absolute Gasteiger partial charge is 0.264 e. The number of ether oxygens (including phenoxy) is 1. The number of nitrogens with one attached hydrogen (secondary N) is 1. The normalized spacial score (nSPS) is 16.0. The summed E-state index contributed by atoms with van der Waals surface area (Å²) >= 11 is 7.26. The van der Waals surface area contributed by atoms with E-state index in [1.54, 1.807) is 0 Å². The van der Waals surface area contributed by atoms with Gasteiger partial charge in [0, 0.05) is 5.02 Å². The van der Waals surface area contributed by atoms with Gasteiger partial charge in [0.1, 0.15) is 12.4 Å². The van der Waals surface area contributed by atoms with E-state index in [2.05, 4.69) is 10.3 Å². The second kappa shape index (κ2) is 9.41. The highest BCUT2D eigenvalue weighted by atomic mass is 35.5. The molecule has 1 fully saturated rings. The van der Waals surface area contributed by atoms with E-state index in [9.17, 15) is 4.79 Å². The number of aryl methyl sites for hydroxylation is 2. The van der Waals surface area contributed by atoms with Gasteiger partial charge in [-0.15, -0.1) is 0 Å². The van der Waals surface area contributed by atoms with E-state index in [1.807, 2.05) is 86.7 Å². The molecule has 0 aromatic heterocycles. The number of carbonyl (C=O) groups is 1. The highest BCUT2D eigenvalue weighted by molar-refractivity contribution is 8.18. The van der Waals surface area contributed by atoms with E-state index in [-0.39, 0.29) is 5.91 Å². The highest BCUT2D eigenvalue weighted by Gasteiger charge is 2.24. The Kier molecular flexibility index (Phi) is 6.44. The molecule has 0 radical (unpaired) electrons. The molecule has 156 valence electrons. The molecule has 3 aromatic rings. The number of aliphatic imine (C=N–C) groups is 1. The van der Waals surface area contributed by atoms with Gasteiger partial charge < -0.3 is 10.1 Å². The average Bonchev–Trinajstić information content (AvgIpc) is 3.09. The van der Waals surface area contributed by atoms with Crippen LogP contribution in [0.4, 0.5) is 5.69 Å². The summed E-state index contributed by atoms with van der Waals surface area (Å²) in [5, 5.41) is 4.13. The Balaban J connectivity index is 1.47. The molecule has 1 aliphatic rings. The van der Waals surface area contributed by atoms with Crippen molar-refractivity contribution in [2.75, 3.05) is 0 Å². The number of amides is 1. The van der Waals surface area contributed by atoms with E-state index in [0.717, 1.165) is 33.7 Å². The largest absolute Gasteiger partial charge is 0.489 e. The Morgan fingerprint density at radius 3 is 2.68 bits per heavy atom. The second-order valence-electron chi connectivity index (χ2n) is 7.26. The van der Waals surface area contributed by atoms with Gasteiger partial charge in [-0.2, -0.15) is 0 Å². The molecular weight excluding hydrogens is 428 g/mol. The lowest BCUT2D eigenvalue weighted by Crippen LogP contribution is -2.19. The summed E-state index contributed by atoms with van der Waals surface area (Å²) in [5.74, 6) is 0.582. The molecule has 1 amide bonds. The van der Waals surface area contributed by atoms with Gasteiger partial charge in [0.25, 0.3) is 5.91 Å². The number of amidine groups is 1. The fourth-order valence-electron chi connectivity index (χ4n) is 3.02. The molecule has 0 aliphatic carbocycles. The zero-order chi connectivity index (χ0) is 21.8. The van der Waals surface area contributed by atoms with Crippen molar-refractivity contribution in [3.05, 3.63) is 98.9 Å². The van der Waals surface area contributed by atoms with Crippen LogP contribution in [0, 0.1) is 13.8 Å². The molecule has 4 rings (SSSR count). The minimum absolute atomic E-state index is 0.151. The standard InChI is InChI=1S/C25H21ClN2O2S/c1-16-6-7-17(2)22(12-16)27-25-28-24(29)23(31-25)14-19-4-3-5-21(13-19)30-15-18-8-10-20(26)11-9-18/h3-14H,15H2,1-2H3,(H,27,28,29)/b23-14-. The minimum atomic E-state index is -0.151. The second-order valence-corrected chi connectivity index (χ2v) is 8.73. The van der Waals surface area contributed by atoms with Crippen molar-refractivity contribution in [2.45, 2.75) is 20.5 Å². The van der Waals surface area contributed by atoms with Crippen LogP contribution in [0.2, 0.25) is 5.02 Å². The van der Waals surface area contributed by atoms with E-state index >= 15 is 0 Å². The molecule has 1 saturated heterocycles. The number of thioether (sulfide) groups is 1. The Labute approximate surface area is 191 Å². The highest BCUT2D eigenvalue weighted by Crippen LogP contribution is 2.30. The van der Waals surface area contributed by atoms with Crippen LogP contribution >= 0.6 is 23.4 Å². The third-order valence-electron chi connectivity index (χ3n) is 4.71. The molecular formula is C25H21ClN2O2S. The number of rotatable bonds is 5. The number of halogens is 1. The van der Waals surface area contributed by atoms with Crippen LogP contribution < -0.4 is 10.1 Å². The zero-order valence-electron chi connectivity index (χ0n) is 17.2. The Bertz CT molecular complexity index is 1190. The summed E-state index contributed by atoms with van der Waals surface area (Å²) in [6.45, 7) is 4.47. The first-order chi connectivity index (χ1) is 15.0. The van der Waals surface area contributed by atoms with Crippen molar-refractivity contribution < 1.29 is 9.53 Å². The summed E-state index contributed by atoms with van der Waals surface area (Å²) in [6.07, 6.45) is 1.85. The zero-order valence-corrected chi connectivity index (χ0v) is 18.8. The maximum Gasteiger partial charge on any atom is 0.264 e. The first kappa shape index (κ1) is 21.2. The Morgan fingerprint density at radius 1 is 1.06 bits per heavy atom. The monoisotopic (exact) mass is 448 g/mol. The predicted octanol–water partition coefficient (Wildman–Crippen LogP) is 6.43. The van der Waals surface area contributed by atoms with Crippen molar-refractivity contribution in [3.8, 4) is 5.75 Å². The molecule has 0 unspecified atom stereocenters. The lowest BCUT2D eigenvalue weighted by Gasteiger charge is -2.07. The Hall–Kier alpha value is -3.02. The lowest BCUT2D eigenvalue weighted by atomic mass is 10.1. The van der Waals surface area contributed by atoms with Gasteiger partial charge in [-0.3, -0.25) is 4.79 Å². The van der Waals surface area contributed by atoms with Crippen LogP contribution in [0.3, 0.4) is 0 Å². The first-order valence-electron chi connectivity index (χ1n) is 9.80. The van der Waals surface area contributed by atoms with Crippen LogP contribution in [-0.4, -0.2) is 11.1 Å². The molecule has 1 heterocycles. The van der Waals surface area contributed by atoms with Gasteiger partial charge in [-0.1, -0.05) is 48.0 Å². The van der Waals surface area contributed by atoms with Gasteiger partial charge in [-0.25, -0.2) is 4.99 Å². The summed E-state index contributed by atoms with van der Waals surface area (Å²) in [7, 11) is 0. The third-order valence-corrected chi connectivity index (χ3v) is 5.87. The van der Waals surface area contributed by atoms with E-state index in [4.69, 9.17) is 16.3 Å². The van der Waals surface area contributed by atoms with Crippen LogP contribution in [-0.2, 0) is 11.4 Å². The quantitative estimate of drug-likeness (QED) is 0.457.